The fourth-order valence-corrected chi connectivity index (χ4v) is 3.47. The largest absolute Gasteiger partial charge is 0.380 e. The SMILES string of the molecule is COCc1c(C(=O)N2CC[C@H](CCc3noc(C4CC4)n3)C2)noc1C. The van der Waals surface area contributed by atoms with Crippen LogP contribution in [0.15, 0.2) is 9.05 Å². The van der Waals surface area contributed by atoms with Gasteiger partial charge in [0.05, 0.1) is 12.2 Å². The van der Waals surface area contributed by atoms with Gasteiger partial charge in [-0.25, -0.2) is 0 Å². The standard InChI is InChI=1S/C18H24N4O4/c1-11-14(10-24-2)16(21-25-11)18(23)22-8-7-12(9-22)3-6-15-19-17(26-20-15)13-4-5-13/h12-13H,3-10H2,1-2H3/t12-/m0/s1. The molecule has 1 saturated carbocycles. The number of carbonyl (C=O) groups is 1. The molecule has 1 saturated heterocycles. The van der Waals surface area contributed by atoms with Crippen molar-refractivity contribution in [1.82, 2.24) is 20.2 Å². The fourth-order valence-electron chi connectivity index (χ4n) is 3.47. The smallest absolute Gasteiger partial charge is 0.276 e. The number of ether oxygens (including phenoxy) is 1. The molecule has 8 heteroatoms. The summed E-state index contributed by atoms with van der Waals surface area (Å²) in [6.07, 6.45) is 5.05. The summed E-state index contributed by atoms with van der Waals surface area (Å²) in [5.74, 6) is 3.06. The van der Waals surface area contributed by atoms with Crippen molar-refractivity contribution in [1.29, 1.82) is 0 Å². The molecule has 0 bridgehead atoms. The maximum atomic E-state index is 12.8. The van der Waals surface area contributed by atoms with Crippen LogP contribution in [0.5, 0.6) is 0 Å². The van der Waals surface area contributed by atoms with E-state index in [1.54, 1.807) is 14.0 Å². The second-order valence-corrected chi connectivity index (χ2v) is 7.27. The lowest BCUT2D eigenvalue weighted by atomic mass is 10.0. The van der Waals surface area contributed by atoms with Gasteiger partial charge in [0.2, 0.25) is 5.89 Å². The number of hydrogen-bond donors (Lipinski definition) is 0. The average molecular weight is 360 g/mol. The number of aryl methyl sites for hydroxylation is 2. The Bertz CT molecular complexity index is 780. The predicted molar refractivity (Wildman–Crippen MR) is 90.6 cm³/mol. The molecule has 2 fully saturated rings. The first-order valence-corrected chi connectivity index (χ1v) is 9.21. The zero-order valence-corrected chi connectivity index (χ0v) is 15.2. The molecule has 0 unspecified atom stereocenters. The lowest BCUT2D eigenvalue weighted by molar-refractivity contribution is 0.0772. The zero-order valence-electron chi connectivity index (χ0n) is 15.2. The Balaban J connectivity index is 1.32. The number of likely N-dealkylation sites (tertiary alicyclic amines) is 1. The molecule has 0 spiro atoms. The minimum absolute atomic E-state index is 0.0769. The van der Waals surface area contributed by atoms with E-state index in [1.807, 2.05) is 4.90 Å². The topological polar surface area (TPSA) is 94.5 Å². The first kappa shape index (κ1) is 17.2. The molecule has 3 heterocycles. The van der Waals surface area contributed by atoms with Crippen molar-refractivity contribution in [3.05, 3.63) is 28.7 Å². The van der Waals surface area contributed by atoms with Gasteiger partial charge in [0.1, 0.15) is 5.76 Å². The maximum absolute atomic E-state index is 12.8. The van der Waals surface area contributed by atoms with Gasteiger partial charge >= 0.3 is 0 Å². The van der Waals surface area contributed by atoms with Crippen molar-refractivity contribution >= 4 is 5.91 Å². The van der Waals surface area contributed by atoms with E-state index in [4.69, 9.17) is 13.8 Å². The van der Waals surface area contributed by atoms with Crippen LogP contribution in [-0.4, -0.2) is 46.3 Å². The van der Waals surface area contributed by atoms with Crippen molar-refractivity contribution in [3.8, 4) is 0 Å². The number of hydrogen-bond acceptors (Lipinski definition) is 7. The minimum Gasteiger partial charge on any atom is -0.380 e. The Morgan fingerprint density at radius 1 is 1.27 bits per heavy atom. The van der Waals surface area contributed by atoms with Crippen molar-refractivity contribution in [2.24, 2.45) is 5.92 Å². The Kier molecular flexibility index (Phi) is 4.76. The van der Waals surface area contributed by atoms with Crippen molar-refractivity contribution in [2.75, 3.05) is 20.2 Å². The van der Waals surface area contributed by atoms with Crippen LogP contribution in [-0.2, 0) is 17.8 Å². The third-order valence-corrected chi connectivity index (χ3v) is 5.24. The van der Waals surface area contributed by atoms with Gasteiger partial charge in [0.25, 0.3) is 5.91 Å². The number of carbonyl (C=O) groups excluding carboxylic acids is 1. The van der Waals surface area contributed by atoms with Crippen LogP contribution in [0.2, 0.25) is 0 Å². The van der Waals surface area contributed by atoms with Crippen molar-refractivity contribution in [3.63, 3.8) is 0 Å². The van der Waals surface area contributed by atoms with Crippen LogP contribution in [0, 0.1) is 12.8 Å². The van der Waals surface area contributed by atoms with Crippen LogP contribution >= 0.6 is 0 Å². The summed E-state index contributed by atoms with van der Waals surface area (Å²) in [4.78, 5) is 19.1. The van der Waals surface area contributed by atoms with Crippen LogP contribution < -0.4 is 0 Å². The normalized spacial score (nSPS) is 20.1. The third-order valence-electron chi connectivity index (χ3n) is 5.24. The summed E-state index contributed by atoms with van der Waals surface area (Å²) in [6.45, 7) is 3.59. The second kappa shape index (κ2) is 7.19. The minimum atomic E-state index is -0.0769. The predicted octanol–water partition coefficient (Wildman–Crippen LogP) is 2.48. The highest BCUT2D eigenvalue weighted by molar-refractivity contribution is 5.94. The van der Waals surface area contributed by atoms with E-state index in [0.29, 0.717) is 29.9 Å². The number of methoxy groups -OCH3 is 1. The second-order valence-electron chi connectivity index (χ2n) is 7.27. The van der Waals surface area contributed by atoms with Crippen LogP contribution in [0.1, 0.15) is 65.1 Å². The lowest BCUT2D eigenvalue weighted by Crippen LogP contribution is -2.30. The summed E-state index contributed by atoms with van der Waals surface area (Å²) in [5, 5.41) is 8.02. The number of nitrogens with zero attached hydrogens (tertiary/aromatic N) is 4. The van der Waals surface area contributed by atoms with E-state index in [0.717, 1.165) is 62.5 Å². The van der Waals surface area contributed by atoms with E-state index in [2.05, 4.69) is 15.3 Å². The van der Waals surface area contributed by atoms with Gasteiger partial charge in [-0.05, 0) is 38.5 Å². The third kappa shape index (κ3) is 3.51. The molecular weight excluding hydrogens is 336 g/mol. The van der Waals surface area contributed by atoms with Gasteiger partial charge in [-0.1, -0.05) is 10.3 Å². The summed E-state index contributed by atoms with van der Waals surface area (Å²) >= 11 is 0. The highest BCUT2D eigenvalue weighted by Gasteiger charge is 2.32. The molecule has 0 aromatic carbocycles. The summed E-state index contributed by atoms with van der Waals surface area (Å²) in [5.41, 5.74) is 1.11. The highest BCUT2D eigenvalue weighted by atomic mass is 16.5. The maximum Gasteiger partial charge on any atom is 0.276 e. The molecule has 2 aromatic heterocycles. The molecule has 8 nitrogen and oxygen atoms in total. The molecule has 1 amide bonds. The highest BCUT2D eigenvalue weighted by Crippen LogP contribution is 2.39. The summed E-state index contributed by atoms with van der Waals surface area (Å²) in [6, 6.07) is 0. The van der Waals surface area contributed by atoms with E-state index >= 15 is 0 Å². The Labute approximate surface area is 151 Å². The average Bonchev–Trinajstić information content (AvgIpc) is 3.06. The first-order valence-electron chi connectivity index (χ1n) is 9.21. The number of rotatable bonds is 7. The van der Waals surface area contributed by atoms with Crippen molar-refractivity contribution < 1.29 is 18.6 Å². The molecular formula is C18H24N4O4. The molecule has 1 aliphatic heterocycles. The van der Waals surface area contributed by atoms with Crippen LogP contribution in [0.4, 0.5) is 0 Å². The van der Waals surface area contributed by atoms with Gasteiger partial charge < -0.3 is 18.7 Å². The molecule has 0 N–H and O–H groups in total. The molecule has 2 aliphatic rings. The Morgan fingerprint density at radius 3 is 2.88 bits per heavy atom. The zero-order chi connectivity index (χ0) is 18.1. The van der Waals surface area contributed by atoms with Crippen LogP contribution in [0.25, 0.3) is 0 Å². The summed E-state index contributed by atoms with van der Waals surface area (Å²) in [7, 11) is 1.60. The van der Waals surface area contributed by atoms with E-state index < -0.39 is 0 Å². The number of amides is 1. The lowest BCUT2D eigenvalue weighted by Gasteiger charge is -2.15. The van der Waals surface area contributed by atoms with Gasteiger partial charge in [-0.15, -0.1) is 0 Å². The molecule has 26 heavy (non-hydrogen) atoms. The van der Waals surface area contributed by atoms with Gasteiger partial charge in [0, 0.05) is 32.5 Å². The first-order chi connectivity index (χ1) is 12.7. The molecule has 140 valence electrons. The Hall–Kier alpha value is -2.22. The molecule has 2 aromatic rings. The van der Waals surface area contributed by atoms with Crippen molar-refractivity contribution in [2.45, 2.75) is 51.6 Å². The van der Waals surface area contributed by atoms with E-state index in [9.17, 15) is 4.79 Å². The van der Waals surface area contributed by atoms with Gasteiger partial charge in [0.15, 0.2) is 11.5 Å². The quantitative estimate of drug-likeness (QED) is 0.748. The monoisotopic (exact) mass is 360 g/mol. The Morgan fingerprint density at radius 2 is 2.12 bits per heavy atom. The van der Waals surface area contributed by atoms with E-state index in [1.165, 1.54) is 0 Å². The van der Waals surface area contributed by atoms with E-state index in [-0.39, 0.29) is 5.91 Å². The van der Waals surface area contributed by atoms with Gasteiger partial charge in [-0.3, -0.25) is 4.79 Å². The fraction of sp³-hybridized carbons (Fsp3) is 0.667. The number of aromatic nitrogens is 3. The molecule has 1 atom stereocenters. The van der Waals surface area contributed by atoms with Crippen LogP contribution in [0.3, 0.4) is 0 Å². The summed E-state index contributed by atoms with van der Waals surface area (Å²) < 4.78 is 15.6. The molecule has 0 radical (unpaired) electrons. The van der Waals surface area contributed by atoms with Gasteiger partial charge in [-0.2, -0.15) is 4.98 Å². The molecule has 1 aliphatic carbocycles. The molecule has 4 rings (SSSR count).